The Kier molecular flexibility index (Phi) is 4.46. The quantitative estimate of drug-likeness (QED) is 0.901. The lowest BCUT2D eigenvalue weighted by molar-refractivity contribution is -0.116. The van der Waals surface area contributed by atoms with E-state index in [0.717, 1.165) is 29.9 Å². The fourth-order valence-corrected chi connectivity index (χ4v) is 2.89. The lowest BCUT2D eigenvalue weighted by Gasteiger charge is -2.15. The molecule has 0 radical (unpaired) electrons. The summed E-state index contributed by atoms with van der Waals surface area (Å²) in [6, 6.07) is 9.71. The van der Waals surface area contributed by atoms with E-state index >= 15 is 0 Å². The molecule has 0 atom stereocenters. The number of hydrogen-bond acceptors (Lipinski definition) is 4. The van der Waals surface area contributed by atoms with Crippen LogP contribution < -0.4 is 15.5 Å². The van der Waals surface area contributed by atoms with Crippen molar-refractivity contribution in [1.82, 2.24) is 10.3 Å². The van der Waals surface area contributed by atoms with Gasteiger partial charge in [-0.1, -0.05) is 12.1 Å². The number of amides is 2. The normalized spacial score (nSPS) is 12.7. The molecule has 0 bridgehead atoms. The first-order valence-corrected chi connectivity index (χ1v) is 7.90. The molecule has 0 fully saturated rings. The van der Waals surface area contributed by atoms with Crippen LogP contribution in [0.1, 0.15) is 28.5 Å². The van der Waals surface area contributed by atoms with Gasteiger partial charge in [-0.05, 0) is 35.7 Å². The van der Waals surface area contributed by atoms with Crippen LogP contribution in [0.25, 0.3) is 0 Å². The first-order chi connectivity index (χ1) is 11.6. The lowest BCUT2D eigenvalue weighted by Crippen LogP contribution is -2.25. The van der Waals surface area contributed by atoms with Crippen LogP contribution in [-0.4, -0.2) is 30.4 Å². The van der Waals surface area contributed by atoms with Crippen LogP contribution in [0.5, 0.6) is 0 Å². The van der Waals surface area contributed by atoms with E-state index in [9.17, 15) is 9.59 Å². The third-order valence-corrected chi connectivity index (χ3v) is 4.14. The van der Waals surface area contributed by atoms with E-state index in [4.69, 9.17) is 0 Å². The smallest absolute Gasteiger partial charge is 0.269 e. The standard InChI is InChI=1S/C18H20N4O2/c1-12(23)22-8-6-14-9-13(3-4-17(14)22)11-21-15-5-7-20-16(10-15)18(24)19-2/h3-5,7,9-10H,6,8,11H2,1-2H3,(H,19,24)(H,20,21). The van der Waals surface area contributed by atoms with Gasteiger partial charge in [0, 0.05) is 44.6 Å². The molecule has 1 aliphatic rings. The monoisotopic (exact) mass is 324 g/mol. The Balaban J connectivity index is 1.70. The maximum absolute atomic E-state index is 11.6. The number of anilines is 2. The minimum atomic E-state index is -0.208. The van der Waals surface area contributed by atoms with E-state index in [1.807, 2.05) is 23.1 Å². The molecule has 6 nitrogen and oxygen atoms in total. The molecule has 3 rings (SSSR count). The minimum Gasteiger partial charge on any atom is -0.381 e. The van der Waals surface area contributed by atoms with E-state index in [1.165, 1.54) is 5.56 Å². The number of nitrogens with one attached hydrogen (secondary N) is 2. The van der Waals surface area contributed by atoms with Crippen molar-refractivity contribution in [3.05, 3.63) is 53.3 Å². The Bertz CT molecular complexity index is 788. The van der Waals surface area contributed by atoms with Crippen molar-refractivity contribution in [1.29, 1.82) is 0 Å². The fraction of sp³-hybridized carbons (Fsp3) is 0.278. The Morgan fingerprint density at radius 3 is 2.83 bits per heavy atom. The maximum Gasteiger partial charge on any atom is 0.269 e. The van der Waals surface area contributed by atoms with Gasteiger partial charge >= 0.3 is 0 Å². The van der Waals surface area contributed by atoms with Gasteiger partial charge in [0.15, 0.2) is 0 Å². The molecule has 0 saturated heterocycles. The topological polar surface area (TPSA) is 74.3 Å². The summed E-state index contributed by atoms with van der Waals surface area (Å²) in [4.78, 5) is 29.1. The molecule has 124 valence electrons. The number of aromatic nitrogens is 1. The maximum atomic E-state index is 11.6. The molecule has 0 unspecified atom stereocenters. The average molecular weight is 324 g/mol. The minimum absolute atomic E-state index is 0.0816. The predicted molar refractivity (Wildman–Crippen MR) is 93.1 cm³/mol. The number of pyridine rings is 1. The number of hydrogen-bond donors (Lipinski definition) is 2. The largest absolute Gasteiger partial charge is 0.381 e. The third-order valence-electron chi connectivity index (χ3n) is 4.14. The van der Waals surface area contributed by atoms with Crippen LogP contribution in [0, 0.1) is 0 Å². The van der Waals surface area contributed by atoms with E-state index < -0.39 is 0 Å². The molecule has 2 aromatic rings. The second kappa shape index (κ2) is 6.70. The van der Waals surface area contributed by atoms with E-state index in [0.29, 0.717) is 12.2 Å². The highest BCUT2D eigenvalue weighted by atomic mass is 16.2. The lowest BCUT2D eigenvalue weighted by atomic mass is 10.1. The van der Waals surface area contributed by atoms with Gasteiger partial charge in [-0.15, -0.1) is 0 Å². The molecule has 2 N–H and O–H groups in total. The summed E-state index contributed by atoms with van der Waals surface area (Å²) in [6.07, 6.45) is 2.50. The highest BCUT2D eigenvalue weighted by Gasteiger charge is 2.21. The Hall–Kier alpha value is -2.89. The Morgan fingerprint density at radius 2 is 2.08 bits per heavy atom. The van der Waals surface area contributed by atoms with Crippen molar-refractivity contribution in [2.24, 2.45) is 0 Å². The van der Waals surface area contributed by atoms with Crippen LogP contribution in [0.4, 0.5) is 11.4 Å². The Morgan fingerprint density at radius 1 is 1.25 bits per heavy atom. The van der Waals surface area contributed by atoms with Gasteiger partial charge in [-0.2, -0.15) is 0 Å². The first kappa shape index (κ1) is 16.0. The first-order valence-electron chi connectivity index (χ1n) is 7.90. The zero-order valence-corrected chi connectivity index (χ0v) is 13.8. The summed E-state index contributed by atoms with van der Waals surface area (Å²) in [5.41, 5.74) is 4.57. The summed E-state index contributed by atoms with van der Waals surface area (Å²) in [7, 11) is 1.58. The van der Waals surface area contributed by atoms with Gasteiger partial charge in [0.2, 0.25) is 5.91 Å². The zero-order valence-electron chi connectivity index (χ0n) is 13.8. The van der Waals surface area contributed by atoms with Gasteiger partial charge in [-0.25, -0.2) is 0 Å². The van der Waals surface area contributed by atoms with Gasteiger partial charge in [0.05, 0.1) is 0 Å². The fourth-order valence-electron chi connectivity index (χ4n) is 2.89. The number of carbonyl (C=O) groups excluding carboxylic acids is 2. The van der Waals surface area contributed by atoms with Gasteiger partial charge < -0.3 is 15.5 Å². The molecule has 24 heavy (non-hydrogen) atoms. The van der Waals surface area contributed by atoms with E-state index in [2.05, 4.69) is 21.7 Å². The SMILES string of the molecule is CNC(=O)c1cc(NCc2ccc3c(c2)CCN3C(C)=O)ccn1. The van der Waals surface area contributed by atoms with Gasteiger partial charge in [0.25, 0.3) is 5.91 Å². The van der Waals surface area contributed by atoms with Crippen molar-refractivity contribution in [3.63, 3.8) is 0 Å². The second-order valence-electron chi connectivity index (χ2n) is 5.75. The summed E-state index contributed by atoms with van der Waals surface area (Å²) >= 11 is 0. The summed E-state index contributed by atoms with van der Waals surface area (Å²) in [6.45, 7) is 2.99. The summed E-state index contributed by atoms with van der Waals surface area (Å²) in [5, 5.41) is 5.87. The molecule has 0 saturated carbocycles. The van der Waals surface area contributed by atoms with Crippen LogP contribution in [0.2, 0.25) is 0 Å². The molecule has 2 amide bonds. The van der Waals surface area contributed by atoms with Crippen molar-refractivity contribution < 1.29 is 9.59 Å². The second-order valence-corrected chi connectivity index (χ2v) is 5.75. The third kappa shape index (κ3) is 3.22. The number of benzene rings is 1. The molecule has 1 aliphatic heterocycles. The van der Waals surface area contributed by atoms with Crippen LogP contribution in [0.3, 0.4) is 0 Å². The zero-order chi connectivity index (χ0) is 17.1. The van der Waals surface area contributed by atoms with Crippen molar-refractivity contribution in [2.45, 2.75) is 19.9 Å². The number of rotatable bonds is 4. The van der Waals surface area contributed by atoms with E-state index in [-0.39, 0.29) is 11.8 Å². The van der Waals surface area contributed by atoms with Crippen LogP contribution in [0.15, 0.2) is 36.5 Å². The van der Waals surface area contributed by atoms with Gasteiger partial charge in [-0.3, -0.25) is 14.6 Å². The highest BCUT2D eigenvalue weighted by molar-refractivity contribution is 5.94. The predicted octanol–water partition coefficient (Wildman–Crippen LogP) is 1.96. The van der Waals surface area contributed by atoms with Gasteiger partial charge in [0.1, 0.15) is 5.69 Å². The molecule has 0 aliphatic carbocycles. The molecule has 2 heterocycles. The number of fused-ring (bicyclic) bond motifs is 1. The average Bonchev–Trinajstić information content (AvgIpc) is 3.03. The van der Waals surface area contributed by atoms with Crippen LogP contribution in [-0.2, 0) is 17.8 Å². The molecular formula is C18H20N4O2. The summed E-state index contributed by atoms with van der Waals surface area (Å²) in [5.74, 6) is -0.126. The van der Waals surface area contributed by atoms with E-state index in [1.54, 1.807) is 26.2 Å². The summed E-state index contributed by atoms with van der Waals surface area (Å²) < 4.78 is 0. The molecule has 1 aromatic carbocycles. The van der Waals surface area contributed by atoms with Crippen molar-refractivity contribution in [2.75, 3.05) is 23.8 Å². The molecule has 6 heteroatoms. The Labute approximate surface area is 140 Å². The number of carbonyl (C=O) groups is 2. The van der Waals surface area contributed by atoms with Crippen molar-refractivity contribution in [3.8, 4) is 0 Å². The van der Waals surface area contributed by atoms with Crippen molar-refractivity contribution >= 4 is 23.2 Å². The van der Waals surface area contributed by atoms with Crippen LogP contribution >= 0.6 is 0 Å². The highest BCUT2D eigenvalue weighted by Crippen LogP contribution is 2.29. The molecule has 0 spiro atoms. The molecular weight excluding hydrogens is 304 g/mol. The molecule has 1 aromatic heterocycles. The number of nitrogens with zero attached hydrogens (tertiary/aromatic N) is 2.